The third-order valence-corrected chi connectivity index (χ3v) is 5.20. The van der Waals surface area contributed by atoms with Crippen molar-refractivity contribution in [3.8, 4) is 5.75 Å². The first-order chi connectivity index (χ1) is 13.1. The highest BCUT2D eigenvalue weighted by Gasteiger charge is 2.49. The molecule has 0 saturated carbocycles. The highest BCUT2D eigenvalue weighted by molar-refractivity contribution is 6.15. The van der Waals surface area contributed by atoms with E-state index in [1.54, 1.807) is 24.0 Å². The lowest BCUT2D eigenvalue weighted by Crippen LogP contribution is -2.62. The molecule has 4 rings (SSSR count). The second-order valence-corrected chi connectivity index (χ2v) is 7.14. The van der Waals surface area contributed by atoms with E-state index >= 15 is 0 Å². The fraction of sp³-hybridized carbons (Fsp3) is 0.333. The summed E-state index contributed by atoms with van der Waals surface area (Å²) in [6.45, 7) is 5.13. The number of hydrogen-bond donors (Lipinski definition) is 1. The van der Waals surface area contributed by atoms with Gasteiger partial charge in [0.1, 0.15) is 5.75 Å². The molecular weight excluding hydrogens is 342 g/mol. The van der Waals surface area contributed by atoms with Gasteiger partial charge < -0.3 is 15.0 Å². The molecule has 0 bridgehead atoms. The lowest BCUT2D eigenvalue weighted by Gasteiger charge is -2.40. The van der Waals surface area contributed by atoms with Gasteiger partial charge in [-0.3, -0.25) is 14.5 Å². The highest BCUT2D eigenvalue weighted by atomic mass is 16.5. The lowest BCUT2D eigenvalue weighted by atomic mass is 10.00. The van der Waals surface area contributed by atoms with E-state index in [0.717, 1.165) is 19.6 Å². The van der Waals surface area contributed by atoms with Crippen LogP contribution in [0.2, 0.25) is 0 Å². The normalized spacial score (nSPS) is 22.6. The maximum absolute atomic E-state index is 13.1. The predicted molar refractivity (Wildman–Crippen MR) is 102 cm³/mol. The van der Waals surface area contributed by atoms with Crippen LogP contribution in [0, 0.1) is 0 Å². The van der Waals surface area contributed by atoms with E-state index < -0.39 is 11.5 Å². The SMILES string of the molecule is CC1(C(=O)N2CCN(Cc3ccccc3)CC2)Oc2ccccc2NC1=O. The van der Waals surface area contributed by atoms with E-state index in [9.17, 15) is 9.59 Å². The molecule has 1 atom stereocenters. The van der Waals surface area contributed by atoms with Crippen molar-refractivity contribution in [1.82, 2.24) is 9.80 Å². The van der Waals surface area contributed by atoms with Crippen LogP contribution in [0.4, 0.5) is 5.69 Å². The first-order valence-electron chi connectivity index (χ1n) is 9.21. The predicted octanol–water partition coefficient (Wildman–Crippen LogP) is 2.12. The quantitative estimate of drug-likeness (QED) is 0.847. The van der Waals surface area contributed by atoms with Gasteiger partial charge >= 0.3 is 0 Å². The summed E-state index contributed by atoms with van der Waals surface area (Å²) in [4.78, 5) is 29.7. The van der Waals surface area contributed by atoms with Crippen LogP contribution >= 0.6 is 0 Å². The number of hydrogen-bond acceptors (Lipinski definition) is 4. The Balaban J connectivity index is 1.41. The van der Waals surface area contributed by atoms with Crippen LogP contribution in [0.15, 0.2) is 54.6 Å². The van der Waals surface area contributed by atoms with Crippen molar-refractivity contribution in [1.29, 1.82) is 0 Å². The number of carbonyl (C=O) groups is 2. The molecule has 1 N–H and O–H groups in total. The summed E-state index contributed by atoms with van der Waals surface area (Å²) in [6, 6.07) is 17.5. The Bertz CT molecular complexity index is 847. The Labute approximate surface area is 158 Å². The number of fused-ring (bicyclic) bond motifs is 1. The van der Waals surface area contributed by atoms with Gasteiger partial charge in [0, 0.05) is 32.7 Å². The van der Waals surface area contributed by atoms with Gasteiger partial charge in [0.25, 0.3) is 17.4 Å². The molecule has 6 heteroatoms. The van der Waals surface area contributed by atoms with E-state index in [0.29, 0.717) is 24.5 Å². The van der Waals surface area contributed by atoms with Gasteiger partial charge in [-0.15, -0.1) is 0 Å². The number of anilines is 1. The summed E-state index contributed by atoms with van der Waals surface area (Å²) in [5.74, 6) is -0.178. The number of piperazine rings is 1. The van der Waals surface area contributed by atoms with Crippen LogP contribution in [-0.4, -0.2) is 53.4 Å². The van der Waals surface area contributed by atoms with Gasteiger partial charge in [-0.05, 0) is 24.6 Å². The fourth-order valence-corrected chi connectivity index (χ4v) is 3.56. The minimum Gasteiger partial charge on any atom is -0.466 e. The maximum Gasteiger partial charge on any atom is 0.278 e. The smallest absolute Gasteiger partial charge is 0.278 e. The molecule has 1 unspecified atom stereocenters. The third kappa shape index (κ3) is 3.40. The van der Waals surface area contributed by atoms with Crippen LogP contribution < -0.4 is 10.1 Å². The molecule has 2 aromatic carbocycles. The van der Waals surface area contributed by atoms with E-state index in [1.807, 2.05) is 30.3 Å². The summed E-state index contributed by atoms with van der Waals surface area (Å²) in [7, 11) is 0. The monoisotopic (exact) mass is 365 g/mol. The highest BCUT2D eigenvalue weighted by Crippen LogP contribution is 2.34. The summed E-state index contributed by atoms with van der Waals surface area (Å²) in [5, 5.41) is 2.79. The number of nitrogens with one attached hydrogen (secondary N) is 1. The van der Waals surface area contributed by atoms with E-state index in [-0.39, 0.29) is 5.91 Å². The first kappa shape index (κ1) is 17.5. The van der Waals surface area contributed by atoms with Crippen LogP contribution in [-0.2, 0) is 16.1 Å². The number of para-hydroxylation sites is 2. The van der Waals surface area contributed by atoms with Gasteiger partial charge in [0.15, 0.2) is 0 Å². The number of nitrogens with zero attached hydrogens (tertiary/aromatic N) is 2. The standard InChI is InChI=1S/C21H23N3O3/c1-21(19(25)22-17-9-5-6-10-18(17)27-21)20(26)24-13-11-23(12-14-24)15-16-7-3-2-4-8-16/h2-10H,11-15H2,1H3,(H,22,25). The van der Waals surface area contributed by atoms with E-state index in [4.69, 9.17) is 4.74 Å². The van der Waals surface area contributed by atoms with Crippen LogP contribution in [0.3, 0.4) is 0 Å². The van der Waals surface area contributed by atoms with Gasteiger partial charge in [-0.1, -0.05) is 42.5 Å². The van der Waals surface area contributed by atoms with Gasteiger partial charge in [0.05, 0.1) is 5.69 Å². The van der Waals surface area contributed by atoms with E-state index in [2.05, 4.69) is 22.3 Å². The number of carbonyl (C=O) groups excluding carboxylic acids is 2. The molecule has 2 aromatic rings. The molecule has 6 nitrogen and oxygen atoms in total. The summed E-state index contributed by atoms with van der Waals surface area (Å²) in [6.07, 6.45) is 0. The maximum atomic E-state index is 13.1. The van der Waals surface area contributed by atoms with Gasteiger partial charge in [-0.2, -0.15) is 0 Å². The molecule has 0 aliphatic carbocycles. The molecule has 1 fully saturated rings. The topological polar surface area (TPSA) is 61.9 Å². The molecule has 2 amide bonds. The van der Waals surface area contributed by atoms with Crippen molar-refractivity contribution < 1.29 is 14.3 Å². The summed E-state index contributed by atoms with van der Waals surface area (Å²) in [5.41, 5.74) is 0.326. The lowest BCUT2D eigenvalue weighted by molar-refractivity contribution is -0.155. The summed E-state index contributed by atoms with van der Waals surface area (Å²) >= 11 is 0. The molecule has 2 aliphatic heterocycles. The second kappa shape index (κ2) is 7.04. The van der Waals surface area contributed by atoms with Gasteiger partial charge in [-0.25, -0.2) is 0 Å². The number of rotatable bonds is 3. The Morgan fingerprint density at radius 1 is 1.04 bits per heavy atom. The molecule has 0 aromatic heterocycles. The van der Waals surface area contributed by atoms with Crippen molar-refractivity contribution in [2.24, 2.45) is 0 Å². The average Bonchev–Trinajstić information content (AvgIpc) is 2.70. The molecule has 0 spiro atoms. The van der Waals surface area contributed by atoms with Crippen molar-refractivity contribution in [2.45, 2.75) is 19.1 Å². The number of ether oxygens (including phenoxy) is 1. The number of benzene rings is 2. The molecule has 140 valence electrons. The Kier molecular flexibility index (Phi) is 4.58. The number of amides is 2. The zero-order chi connectivity index (χ0) is 18.9. The minimum atomic E-state index is -1.53. The summed E-state index contributed by atoms with van der Waals surface area (Å²) < 4.78 is 5.85. The molecule has 1 saturated heterocycles. The fourth-order valence-electron chi connectivity index (χ4n) is 3.56. The zero-order valence-corrected chi connectivity index (χ0v) is 15.4. The van der Waals surface area contributed by atoms with Crippen molar-refractivity contribution in [3.05, 3.63) is 60.2 Å². The van der Waals surface area contributed by atoms with Crippen LogP contribution in [0.5, 0.6) is 5.75 Å². The molecule has 0 radical (unpaired) electrons. The third-order valence-electron chi connectivity index (χ3n) is 5.20. The molecule has 2 aliphatic rings. The Hall–Kier alpha value is -2.86. The Morgan fingerprint density at radius 2 is 1.70 bits per heavy atom. The molecule has 2 heterocycles. The second-order valence-electron chi connectivity index (χ2n) is 7.14. The zero-order valence-electron chi connectivity index (χ0n) is 15.4. The Morgan fingerprint density at radius 3 is 2.44 bits per heavy atom. The van der Waals surface area contributed by atoms with Gasteiger partial charge in [0.2, 0.25) is 0 Å². The first-order valence-corrected chi connectivity index (χ1v) is 9.21. The van der Waals surface area contributed by atoms with E-state index in [1.165, 1.54) is 5.56 Å². The van der Waals surface area contributed by atoms with Crippen LogP contribution in [0.25, 0.3) is 0 Å². The molecular formula is C21H23N3O3. The average molecular weight is 365 g/mol. The van der Waals surface area contributed by atoms with Crippen molar-refractivity contribution >= 4 is 17.5 Å². The van der Waals surface area contributed by atoms with Crippen molar-refractivity contribution in [2.75, 3.05) is 31.5 Å². The molecule has 27 heavy (non-hydrogen) atoms. The van der Waals surface area contributed by atoms with Crippen LogP contribution in [0.1, 0.15) is 12.5 Å². The minimum absolute atomic E-state index is 0.283. The largest absolute Gasteiger partial charge is 0.466 e. The van der Waals surface area contributed by atoms with Crippen molar-refractivity contribution in [3.63, 3.8) is 0 Å².